The van der Waals surface area contributed by atoms with Gasteiger partial charge < -0.3 is 14.8 Å². The maximum atomic E-state index is 5.63. The van der Waals surface area contributed by atoms with Crippen LogP contribution in [0.3, 0.4) is 0 Å². The molecule has 18 heavy (non-hydrogen) atoms. The van der Waals surface area contributed by atoms with Gasteiger partial charge in [-0.15, -0.1) is 0 Å². The molecule has 0 aromatic heterocycles. The number of ether oxygens (including phenoxy) is 2. The summed E-state index contributed by atoms with van der Waals surface area (Å²) in [6, 6.07) is 10.7. The van der Waals surface area contributed by atoms with E-state index in [-0.39, 0.29) is 6.04 Å². The van der Waals surface area contributed by atoms with Gasteiger partial charge in [0.05, 0.1) is 18.8 Å². The minimum Gasteiger partial charge on any atom is -0.383 e. The van der Waals surface area contributed by atoms with Crippen LogP contribution in [0.15, 0.2) is 30.3 Å². The standard InChI is InChI=1S/C15H23NO2/c1-17-12-15(13-6-3-2-4-7-13)16-10-9-14-8-5-11-18-14/h2-4,6-7,14-16H,5,8-12H2,1H3. The molecule has 1 fully saturated rings. The SMILES string of the molecule is COCC(NCCC1CCCO1)c1ccccc1. The molecule has 0 bridgehead atoms. The Balaban J connectivity index is 1.79. The van der Waals surface area contributed by atoms with Gasteiger partial charge in [0.2, 0.25) is 0 Å². The Morgan fingerprint density at radius 1 is 1.39 bits per heavy atom. The van der Waals surface area contributed by atoms with Gasteiger partial charge in [-0.3, -0.25) is 0 Å². The van der Waals surface area contributed by atoms with E-state index in [1.165, 1.54) is 18.4 Å². The Kier molecular flexibility index (Phi) is 5.65. The minimum absolute atomic E-state index is 0.276. The summed E-state index contributed by atoms with van der Waals surface area (Å²) >= 11 is 0. The molecule has 2 rings (SSSR count). The van der Waals surface area contributed by atoms with Crippen LogP contribution in [0.25, 0.3) is 0 Å². The molecule has 1 N–H and O–H groups in total. The van der Waals surface area contributed by atoms with Crippen LogP contribution in [0.1, 0.15) is 30.9 Å². The van der Waals surface area contributed by atoms with Crippen molar-refractivity contribution < 1.29 is 9.47 Å². The van der Waals surface area contributed by atoms with Gasteiger partial charge in [-0.1, -0.05) is 30.3 Å². The van der Waals surface area contributed by atoms with E-state index < -0.39 is 0 Å². The largest absolute Gasteiger partial charge is 0.383 e. The van der Waals surface area contributed by atoms with Crippen molar-refractivity contribution in [2.45, 2.75) is 31.4 Å². The molecule has 100 valence electrons. The average Bonchev–Trinajstić information content (AvgIpc) is 2.92. The third kappa shape index (κ3) is 4.09. The van der Waals surface area contributed by atoms with Crippen molar-refractivity contribution in [2.24, 2.45) is 0 Å². The van der Waals surface area contributed by atoms with Crippen LogP contribution in [-0.4, -0.2) is 33.0 Å². The molecule has 3 nitrogen and oxygen atoms in total. The molecular formula is C15H23NO2. The van der Waals surface area contributed by atoms with Crippen LogP contribution in [0.2, 0.25) is 0 Å². The van der Waals surface area contributed by atoms with Gasteiger partial charge in [-0.2, -0.15) is 0 Å². The van der Waals surface area contributed by atoms with Crippen LogP contribution in [-0.2, 0) is 9.47 Å². The highest BCUT2D eigenvalue weighted by Crippen LogP contribution is 2.16. The molecule has 2 atom stereocenters. The van der Waals surface area contributed by atoms with E-state index >= 15 is 0 Å². The van der Waals surface area contributed by atoms with Gasteiger partial charge >= 0.3 is 0 Å². The molecule has 1 aliphatic rings. The van der Waals surface area contributed by atoms with E-state index in [9.17, 15) is 0 Å². The quantitative estimate of drug-likeness (QED) is 0.805. The fraction of sp³-hybridized carbons (Fsp3) is 0.600. The predicted octanol–water partition coefficient (Wildman–Crippen LogP) is 2.53. The van der Waals surface area contributed by atoms with E-state index in [0.29, 0.717) is 12.7 Å². The van der Waals surface area contributed by atoms with Gasteiger partial charge in [0.1, 0.15) is 0 Å². The summed E-state index contributed by atoms with van der Waals surface area (Å²) in [6.07, 6.45) is 3.97. The Morgan fingerprint density at radius 3 is 2.89 bits per heavy atom. The van der Waals surface area contributed by atoms with Crippen molar-refractivity contribution in [2.75, 3.05) is 26.9 Å². The van der Waals surface area contributed by atoms with Crippen molar-refractivity contribution in [3.05, 3.63) is 35.9 Å². The third-order valence-corrected chi connectivity index (χ3v) is 3.42. The average molecular weight is 249 g/mol. The first-order valence-corrected chi connectivity index (χ1v) is 6.79. The maximum Gasteiger partial charge on any atom is 0.0657 e. The number of methoxy groups -OCH3 is 1. The second kappa shape index (κ2) is 7.52. The third-order valence-electron chi connectivity index (χ3n) is 3.42. The Hall–Kier alpha value is -0.900. The second-order valence-corrected chi connectivity index (χ2v) is 4.80. The summed E-state index contributed by atoms with van der Waals surface area (Å²) < 4.78 is 10.9. The number of rotatable bonds is 7. The van der Waals surface area contributed by atoms with E-state index in [2.05, 4.69) is 29.6 Å². The van der Waals surface area contributed by atoms with E-state index in [0.717, 1.165) is 19.6 Å². The fourth-order valence-corrected chi connectivity index (χ4v) is 2.42. The van der Waals surface area contributed by atoms with Crippen LogP contribution in [0, 0.1) is 0 Å². The van der Waals surface area contributed by atoms with E-state index in [4.69, 9.17) is 9.47 Å². The van der Waals surface area contributed by atoms with Gasteiger partial charge in [0, 0.05) is 13.7 Å². The zero-order valence-corrected chi connectivity index (χ0v) is 11.1. The van der Waals surface area contributed by atoms with E-state index in [1.54, 1.807) is 7.11 Å². The zero-order valence-electron chi connectivity index (χ0n) is 11.1. The highest BCUT2D eigenvalue weighted by atomic mass is 16.5. The molecule has 1 aliphatic heterocycles. The Bertz CT molecular complexity index is 323. The molecule has 1 aromatic rings. The van der Waals surface area contributed by atoms with Crippen molar-refractivity contribution in [3.8, 4) is 0 Å². The molecule has 0 radical (unpaired) electrons. The lowest BCUT2D eigenvalue weighted by molar-refractivity contribution is 0.101. The molecule has 0 aliphatic carbocycles. The Morgan fingerprint density at radius 2 is 2.22 bits per heavy atom. The molecule has 2 unspecified atom stereocenters. The summed E-state index contributed by atoms with van der Waals surface area (Å²) in [5, 5.41) is 3.56. The number of benzene rings is 1. The predicted molar refractivity (Wildman–Crippen MR) is 72.7 cm³/mol. The highest BCUT2D eigenvalue weighted by Gasteiger charge is 2.16. The normalized spacial score (nSPS) is 21.1. The van der Waals surface area contributed by atoms with Gasteiger partial charge in [0.25, 0.3) is 0 Å². The lowest BCUT2D eigenvalue weighted by atomic mass is 10.1. The van der Waals surface area contributed by atoms with E-state index in [1.807, 2.05) is 6.07 Å². The summed E-state index contributed by atoms with van der Waals surface area (Å²) in [5.41, 5.74) is 1.28. The van der Waals surface area contributed by atoms with Gasteiger partial charge in [-0.25, -0.2) is 0 Å². The van der Waals surface area contributed by atoms with Crippen molar-refractivity contribution in [3.63, 3.8) is 0 Å². The number of hydrogen-bond donors (Lipinski definition) is 1. The molecule has 1 heterocycles. The number of hydrogen-bond acceptors (Lipinski definition) is 3. The second-order valence-electron chi connectivity index (χ2n) is 4.80. The van der Waals surface area contributed by atoms with Crippen LogP contribution in [0.5, 0.6) is 0 Å². The lowest BCUT2D eigenvalue weighted by Gasteiger charge is -2.19. The van der Waals surface area contributed by atoms with Crippen LogP contribution < -0.4 is 5.32 Å². The van der Waals surface area contributed by atoms with Crippen molar-refractivity contribution >= 4 is 0 Å². The van der Waals surface area contributed by atoms with Crippen LogP contribution in [0.4, 0.5) is 0 Å². The summed E-state index contributed by atoms with van der Waals surface area (Å²) in [7, 11) is 1.75. The summed E-state index contributed by atoms with van der Waals surface area (Å²) in [4.78, 5) is 0. The van der Waals surface area contributed by atoms with Crippen LogP contribution >= 0.6 is 0 Å². The maximum absolute atomic E-state index is 5.63. The molecule has 1 aromatic carbocycles. The molecule has 1 saturated heterocycles. The van der Waals surface area contributed by atoms with Gasteiger partial charge in [0.15, 0.2) is 0 Å². The molecule has 0 saturated carbocycles. The topological polar surface area (TPSA) is 30.5 Å². The zero-order chi connectivity index (χ0) is 12.6. The fourth-order valence-electron chi connectivity index (χ4n) is 2.42. The first kappa shape index (κ1) is 13.5. The lowest BCUT2D eigenvalue weighted by Crippen LogP contribution is -2.28. The highest BCUT2D eigenvalue weighted by molar-refractivity contribution is 5.18. The molecule has 0 spiro atoms. The molecule has 3 heteroatoms. The summed E-state index contributed by atoms with van der Waals surface area (Å²) in [6.45, 7) is 2.62. The Labute approximate surface area is 109 Å². The monoisotopic (exact) mass is 249 g/mol. The van der Waals surface area contributed by atoms with Crippen molar-refractivity contribution in [1.29, 1.82) is 0 Å². The molecule has 0 amide bonds. The first-order chi connectivity index (χ1) is 8.90. The number of nitrogens with one attached hydrogen (secondary N) is 1. The minimum atomic E-state index is 0.276. The summed E-state index contributed by atoms with van der Waals surface area (Å²) in [5.74, 6) is 0. The van der Waals surface area contributed by atoms with Crippen molar-refractivity contribution in [1.82, 2.24) is 5.32 Å². The molecular weight excluding hydrogens is 226 g/mol. The first-order valence-electron chi connectivity index (χ1n) is 6.79. The smallest absolute Gasteiger partial charge is 0.0657 e. The van der Waals surface area contributed by atoms with Gasteiger partial charge in [-0.05, 0) is 31.4 Å².